The van der Waals surface area contributed by atoms with Gasteiger partial charge in [0, 0.05) is 18.0 Å². The number of thiophene rings is 1. The highest BCUT2D eigenvalue weighted by Crippen LogP contribution is 2.27. The van der Waals surface area contributed by atoms with Crippen molar-refractivity contribution in [2.24, 2.45) is 0 Å². The number of nitrogens with zero attached hydrogens (tertiary/aromatic N) is 3. The molecular formula is C13H17ClN4S. The number of hydrogen-bond donors (Lipinski definition) is 1. The number of halogens is 1. The van der Waals surface area contributed by atoms with Crippen LogP contribution in [0.4, 0.5) is 11.8 Å². The maximum absolute atomic E-state index is 6.24. The van der Waals surface area contributed by atoms with E-state index in [1.165, 1.54) is 4.88 Å². The summed E-state index contributed by atoms with van der Waals surface area (Å²) in [6.07, 6.45) is 1.64. The van der Waals surface area contributed by atoms with Crippen molar-refractivity contribution in [3.8, 4) is 0 Å². The molecule has 0 aliphatic rings. The molecule has 2 aromatic heterocycles. The molecule has 0 atom stereocenters. The van der Waals surface area contributed by atoms with E-state index < -0.39 is 0 Å². The Labute approximate surface area is 122 Å². The molecule has 0 aliphatic heterocycles. The van der Waals surface area contributed by atoms with Gasteiger partial charge in [0.2, 0.25) is 5.95 Å². The van der Waals surface area contributed by atoms with E-state index in [0.717, 1.165) is 12.4 Å². The topological polar surface area (TPSA) is 41.1 Å². The van der Waals surface area contributed by atoms with Gasteiger partial charge in [-0.1, -0.05) is 17.7 Å². The van der Waals surface area contributed by atoms with Crippen LogP contribution in [-0.4, -0.2) is 23.1 Å². The molecule has 2 rings (SSSR count). The monoisotopic (exact) mass is 296 g/mol. The maximum atomic E-state index is 6.24. The molecule has 6 heteroatoms. The van der Waals surface area contributed by atoms with Gasteiger partial charge >= 0.3 is 0 Å². The predicted octanol–water partition coefficient (Wildman–Crippen LogP) is 3.65. The van der Waals surface area contributed by atoms with Crippen LogP contribution in [0.25, 0.3) is 0 Å². The fourth-order valence-electron chi connectivity index (χ4n) is 1.75. The minimum absolute atomic E-state index is 0.305. The zero-order valence-corrected chi connectivity index (χ0v) is 12.8. The van der Waals surface area contributed by atoms with Crippen molar-refractivity contribution in [3.05, 3.63) is 33.6 Å². The highest BCUT2D eigenvalue weighted by atomic mass is 35.5. The molecule has 0 saturated heterocycles. The summed E-state index contributed by atoms with van der Waals surface area (Å²) in [5.41, 5.74) is 0. The van der Waals surface area contributed by atoms with Gasteiger partial charge in [0.25, 0.3) is 0 Å². The Bertz CT molecular complexity index is 527. The summed E-state index contributed by atoms with van der Waals surface area (Å²) in [5, 5.41) is 5.59. The minimum Gasteiger partial charge on any atom is -0.357 e. The van der Waals surface area contributed by atoms with Crippen LogP contribution in [0.3, 0.4) is 0 Å². The van der Waals surface area contributed by atoms with E-state index in [9.17, 15) is 0 Å². The van der Waals surface area contributed by atoms with Crippen LogP contribution in [0.5, 0.6) is 0 Å². The normalized spacial score (nSPS) is 10.8. The first kappa shape index (κ1) is 14.1. The molecule has 4 nitrogen and oxygen atoms in total. The molecule has 0 amide bonds. The Balaban J connectivity index is 2.33. The average molecular weight is 297 g/mol. The molecule has 0 bridgehead atoms. The van der Waals surface area contributed by atoms with Crippen molar-refractivity contribution in [2.75, 3.05) is 17.3 Å². The zero-order chi connectivity index (χ0) is 13.8. The average Bonchev–Trinajstić information content (AvgIpc) is 2.89. The van der Waals surface area contributed by atoms with E-state index in [-0.39, 0.29) is 0 Å². The van der Waals surface area contributed by atoms with E-state index >= 15 is 0 Å². The molecule has 0 radical (unpaired) electrons. The fourth-order valence-corrected chi connectivity index (χ4v) is 2.65. The quantitative estimate of drug-likeness (QED) is 0.914. The van der Waals surface area contributed by atoms with Crippen LogP contribution in [0.2, 0.25) is 5.02 Å². The van der Waals surface area contributed by atoms with E-state index in [2.05, 4.69) is 51.5 Å². The third kappa shape index (κ3) is 3.36. The number of anilines is 2. The predicted molar refractivity (Wildman–Crippen MR) is 82.2 cm³/mol. The lowest BCUT2D eigenvalue weighted by molar-refractivity contribution is 0.676. The van der Waals surface area contributed by atoms with Gasteiger partial charge in [0.15, 0.2) is 5.82 Å². The lowest BCUT2D eigenvalue weighted by Gasteiger charge is -2.28. The fraction of sp³-hybridized carbons (Fsp3) is 0.385. The zero-order valence-electron chi connectivity index (χ0n) is 11.2. The third-order valence-electron chi connectivity index (χ3n) is 2.75. The largest absolute Gasteiger partial charge is 0.357 e. The van der Waals surface area contributed by atoms with Gasteiger partial charge in [-0.15, -0.1) is 11.3 Å². The molecule has 0 aromatic carbocycles. The number of rotatable bonds is 5. The third-order valence-corrected chi connectivity index (χ3v) is 3.88. The Morgan fingerprint density at radius 3 is 2.84 bits per heavy atom. The second-order valence-corrected chi connectivity index (χ2v) is 5.86. The van der Waals surface area contributed by atoms with Crippen LogP contribution < -0.4 is 10.2 Å². The maximum Gasteiger partial charge on any atom is 0.224 e. The van der Waals surface area contributed by atoms with Crippen LogP contribution in [0.15, 0.2) is 23.7 Å². The number of aromatic nitrogens is 2. The van der Waals surface area contributed by atoms with E-state index in [1.807, 2.05) is 0 Å². The van der Waals surface area contributed by atoms with E-state index in [4.69, 9.17) is 11.6 Å². The highest BCUT2D eigenvalue weighted by Gasteiger charge is 2.17. The molecule has 19 heavy (non-hydrogen) atoms. The second-order valence-electron chi connectivity index (χ2n) is 4.42. The van der Waals surface area contributed by atoms with Crippen molar-refractivity contribution >= 4 is 34.7 Å². The van der Waals surface area contributed by atoms with Crippen molar-refractivity contribution in [3.63, 3.8) is 0 Å². The summed E-state index contributed by atoms with van der Waals surface area (Å²) in [6, 6.07) is 4.48. The first-order valence-corrected chi connectivity index (χ1v) is 7.37. The second kappa shape index (κ2) is 6.21. The number of hydrogen-bond acceptors (Lipinski definition) is 5. The first-order chi connectivity index (χ1) is 9.11. The Kier molecular flexibility index (Phi) is 4.61. The summed E-state index contributed by atoms with van der Waals surface area (Å²) in [6.45, 7) is 5.06. The van der Waals surface area contributed by atoms with Crippen molar-refractivity contribution in [1.29, 1.82) is 0 Å². The molecule has 2 heterocycles. The lowest BCUT2D eigenvalue weighted by atomic mass is 10.3. The molecule has 1 N–H and O–H groups in total. The van der Waals surface area contributed by atoms with Crippen molar-refractivity contribution < 1.29 is 0 Å². The van der Waals surface area contributed by atoms with Crippen molar-refractivity contribution in [2.45, 2.75) is 26.4 Å². The Morgan fingerprint density at radius 2 is 2.26 bits per heavy atom. The van der Waals surface area contributed by atoms with Crippen molar-refractivity contribution in [1.82, 2.24) is 9.97 Å². The summed E-state index contributed by atoms with van der Waals surface area (Å²) < 4.78 is 0. The summed E-state index contributed by atoms with van der Waals surface area (Å²) in [5.74, 6) is 1.35. The Hall–Kier alpha value is -1.33. The van der Waals surface area contributed by atoms with Crippen LogP contribution in [-0.2, 0) is 6.54 Å². The van der Waals surface area contributed by atoms with Gasteiger partial charge in [-0.05, 0) is 25.3 Å². The van der Waals surface area contributed by atoms with Crippen LogP contribution in [0.1, 0.15) is 18.7 Å². The van der Waals surface area contributed by atoms with Gasteiger partial charge in [-0.25, -0.2) is 4.98 Å². The first-order valence-electron chi connectivity index (χ1n) is 6.11. The highest BCUT2D eigenvalue weighted by molar-refractivity contribution is 7.09. The summed E-state index contributed by atoms with van der Waals surface area (Å²) in [7, 11) is 1.80. The Morgan fingerprint density at radius 1 is 1.47 bits per heavy atom. The lowest BCUT2D eigenvalue weighted by Crippen LogP contribution is -2.31. The smallest absolute Gasteiger partial charge is 0.224 e. The van der Waals surface area contributed by atoms with Gasteiger partial charge in [-0.2, -0.15) is 4.98 Å². The molecule has 0 saturated carbocycles. The molecule has 0 fully saturated rings. The summed E-state index contributed by atoms with van der Waals surface area (Å²) in [4.78, 5) is 12.1. The number of nitrogens with one attached hydrogen (secondary N) is 1. The molecule has 0 spiro atoms. The van der Waals surface area contributed by atoms with E-state index in [1.54, 1.807) is 24.6 Å². The van der Waals surface area contributed by atoms with Gasteiger partial charge in [0.1, 0.15) is 5.02 Å². The molecular weight excluding hydrogens is 280 g/mol. The van der Waals surface area contributed by atoms with Gasteiger partial charge in [0.05, 0.1) is 12.7 Å². The molecule has 102 valence electrons. The van der Waals surface area contributed by atoms with Gasteiger partial charge < -0.3 is 10.2 Å². The standard InChI is InChI=1S/C13H17ClN4S/c1-9(2)18(8-10-5-4-6-19-10)12-11(14)7-16-13(15-3)17-12/h4-7,9H,8H2,1-3H3,(H,15,16,17). The molecule has 0 aliphatic carbocycles. The molecule has 0 unspecified atom stereocenters. The SMILES string of the molecule is CNc1ncc(Cl)c(N(Cc2cccs2)C(C)C)n1. The summed E-state index contributed by atoms with van der Waals surface area (Å²) >= 11 is 7.98. The van der Waals surface area contributed by atoms with Gasteiger partial charge in [-0.3, -0.25) is 0 Å². The minimum atomic E-state index is 0.305. The van der Waals surface area contributed by atoms with Crippen LogP contribution >= 0.6 is 22.9 Å². The van der Waals surface area contributed by atoms with Crippen LogP contribution in [0, 0.1) is 0 Å². The van der Waals surface area contributed by atoms with E-state index in [0.29, 0.717) is 17.0 Å². The molecule has 2 aromatic rings.